The maximum Gasteiger partial charge on any atom is 0.251 e. The summed E-state index contributed by atoms with van der Waals surface area (Å²) in [5.41, 5.74) is 0.0817. The van der Waals surface area contributed by atoms with Gasteiger partial charge in [0.15, 0.2) is 25.2 Å². The quantitative estimate of drug-likeness (QED) is 0.0326. The summed E-state index contributed by atoms with van der Waals surface area (Å²) in [7, 11) is 0. The first-order valence-electron chi connectivity index (χ1n) is 25.0. The first-order valence-corrected chi connectivity index (χ1v) is 25.0. The Bertz CT molecular complexity index is 1960. The number of benzene rings is 1. The number of hydrogen-bond donors (Lipinski definition) is 14. The van der Waals surface area contributed by atoms with Gasteiger partial charge in [0.2, 0.25) is 17.7 Å². The van der Waals surface area contributed by atoms with Crippen molar-refractivity contribution in [2.75, 3.05) is 33.0 Å². The van der Waals surface area contributed by atoms with Crippen LogP contribution in [0, 0.1) is 0 Å². The zero-order chi connectivity index (χ0) is 54.2. The van der Waals surface area contributed by atoms with Crippen molar-refractivity contribution in [2.45, 2.75) is 195 Å². The van der Waals surface area contributed by atoms with Crippen LogP contribution in [-0.4, -0.2) is 230 Å². The summed E-state index contributed by atoms with van der Waals surface area (Å²) in [4.78, 5) is 50.9. The molecule has 420 valence electrons. The highest BCUT2D eigenvalue weighted by molar-refractivity contribution is 5.94. The van der Waals surface area contributed by atoms with E-state index in [2.05, 4.69) is 40.3 Å². The molecule has 8 unspecified atom stereocenters. The largest absolute Gasteiger partial charge is 0.494 e. The number of rotatable bonds is 25. The molecule has 20 atom stereocenters. The fourth-order valence-electron chi connectivity index (χ4n) is 9.21. The second-order valence-electron chi connectivity index (χ2n) is 18.7. The fraction of sp³-hybridized carbons (Fsp3) is 0.750. The van der Waals surface area contributed by atoms with Crippen molar-refractivity contribution in [1.29, 1.82) is 0 Å². The van der Waals surface area contributed by atoms with E-state index in [1.807, 2.05) is 0 Å². The number of amides is 4. The summed E-state index contributed by atoms with van der Waals surface area (Å²) in [6, 6.07) is -0.191. The molecule has 0 spiro atoms. The maximum atomic E-state index is 13.8. The zero-order valence-corrected chi connectivity index (χ0v) is 41.9. The first kappa shape index (κ1) is 60.8. The number of ether oxygens (including phenoxy) is 8. The van der Waals surface area contributed by atoms with Gasteiger partial charge in [0.25, 0.3) is 5.91 Å². The van der Waals surface area contributed by atoms with Crippen LogP contribution in [0.4, 0.5) is 0 Å². The van der Waals surface area contributed by atoms with Gasteiger partial charge < -0.3 is 110 Å². The molecule has 0 aliphatic carbocycles. The number of unbranched alkanes of at least 4 members (excludes halogenated alkanes) is 5. The van der Waals surface area contributed by atoms with Gasteiger partial charge in [-0.15, -0.1) is 0 Å². The van der Waals surface area contributed by atoms with Crippen molar-refractivity contribution in [3.63, 3.8) is 0 Å². The van der Waals surface area contributed by atoms with Crippen molar-refractivity contribution in [3.05, 3.63) is 42.0 Å². The fourth-order valence-corrected chi connectivity index (χ4v) is 9.21. The van der Waals surface area contributed by atoms with Gasteiger partial charge in [0.1, 0.15) is 103 Å². The monoisotopic (exact) mass is 1060 g/mol. The molecule has 26 heteroatoms. The van der Waals surface area contributed by atoms with Gasteiger partial charge in [-0.25, -0.2) is 0 Å². The van der Waals surface area contributed by atoms with E-state index in [0.717, 1.165) is 46.5 Å². The SMILES string of the molecule is CCCCCC/C=C\CCCOc1cccc(C(=O)NC2[C@H](O[C@H]3C(O)C(NC(C)=O)[C@H](O[C@@H]4C(CO)O[C@@H](O[C@H]5C(O)C(NC(C)=O)[C@H](O)O[C@H]5CO)C(NC(C)=O)[C@H]4O)O[C@H]3CO)OC(CO)[C@@H](O)[C@@H]2O)c1. The summed E-state index contributed by atoms with van der Waals surface area (Å²) in [6.07, 6.45) is -16.1. The normalized spacial score (nSPS) is 36.5. The van der Waals surface area contributed by atoms with E-state index in [-0.39, 0.29) is 5.56 Å². The third-order valence-electron chi connectivity index (χ3n) is 13.0. The predicted molar refractivity (Wildman–Crippen MR) is 253 cm³/mol. The van der Waals surface area contributed by atoms with Crippen LogP contribution in [0.15, 0.2) is 36.4 Å². The molecule has 4 heterocycles. The molecular formula is C48H76N4O22. The predicted octanol–water partition coefficient (Wildman–Crippen LogP) is -4.19. The van der Waals surface area contributed by atoms with E-state index in [9.17, 15) is 70.2 Å². The molecule has 1 aromatic rings. The van der Waals surface area contributed by atoms with Crippen molar-refractivity contribution < 1.29 is 108 Å². The highest BCUT2D eigenvalue weighted by Gasteiger charge is 2.56. The highest BCUT2D eigenvalue weighted by atomic mass is 16.8. The van der Waals surface area contributed by atoms with Crippen LogP contribution in [0.25, 0.3) is 0 Å². The highest BCUT2D eigenvalue weighted by Crippen LogP contribution is 2.35. The number of carbonyl (C=O) groups is 4. The zero-order valence-electron chi connectivity index (χ0n) is 41.9. The molecule has 0 radical (unpaired) electrons. The summed E-state index contributed by atoms with van der Waals surface area (Å²) < 4.78 is 47.4. The van der Waals surface area contributed by atoms with Crippen LogP contribution in [0.5, 0.6) is 5.75 Å². The Morgan fingerprint density at radius 2 is 0.986 bits per heavy atom. The lowest BCUT2D eigenvalue weighted by atomic mass is 9.93. The van der Waals surface area contributed by atoms with E-state index < -0.39 is 173 Å². The Morgan fingerprint density at radius 3 is 1.47 bits per heavy atom. The number of aliphatic hydroxyl groups excluding tert-OH is 10. The van der Waals surface area contributed by atoms with Gasteiger partial charge in [0, 0.05) is 26.3 Å². The van der Waals surface area contributed by atoms with E-state index in [0.29, 0.717) is 12.4 Å². The van der Waals surface area contributed by atoms with Crippen molar-refractivity contribution in [3.8, 4) is 5.75 Å². The molecule has 4 saturated heterocycles. The topological polar surface area (TPSA) is 393 Å². The number of aliphatic hydroxyl groups is 10. The van der Waals surface area contributed by atoms with Gasteiger partial charge in [-0.05, 0) is 43.9 Å². The standard InChI is InChI=1S/C48H76N4O22/c1-5-6-7-8-9-10-11-12-13-17-67-27-16-14-15-26(18-27)44(65)52-33-37(61)36(60)28(19-53)69-46(33)73-42-30(21-55)71-48(35(39(42)63)51-25(4)59)74-43-31(22-56)70-47(34(40(43)64)50-24(3)58)72-41-29(20-54)68-45(66)32(38(41)62)49-23(2)57/h10-11,14-16,18,28-43,45-48,53-56,60-64,66H,5-9,12-13,17,19-22H2,1-4H3,(H,49,57)(H,50,58)(H,51,59)(H,52,65)/b11-10-/t28?,29-,30-,31?,32?,33?,34?,35?,36+,37+,38?,39?,40+,41+,42+,43+,45+,46-,47-,48-/m0/s1. The summed E-state index contributed by atoms with van der Waals surface area (Å²) in [6.45, 7) is 2.23. The molecule has 4 amide bonds. The van der Waals surface area contributed by atoms with E-state index in [1.165, 1.54) is 31.4 Å². The summed E-state index contributed by atoms with van der Waals surface area (Å²) >= 11 is 0. The minimum atomic E-state index is -1.94. The average molecular weight is 1060 g/mol. The van der Waals surface area contributed by atoms with Gasteiger partial charge in [-0.3, -0.25) is 19.2 Å². The summed E-state index contributed by atoms with van der Waals surface area (Å²) in [5.74, 6) is -2.58. The average Bonchev–Trinajstić information content (AvgIpc) is 3.36. The molecule has 4 aliphatic rings. The van der Waals surface area contributed by atoms with Crippen LogP contribution in [0.2, 0.25) is 0 Å². The molecule has 4 aliphatic heterocycles. The van der Waals surface area contributed by atoms with Crippen LogP contribution in [0.1, 0.15) is 83.0 Å². The molecule has 5 rings (SSSR count). The minimum absolute atomic E-state index is 0.0817. The molecule has 0 bridgehead atoms. The second-order valence-corrected chi connectivity index (χ2v) is 18.7. The molecule has 26 nitrogen and oxygen atoms in total. The van der Waals surface area contributed by atoms with E-state index in [1.54, 1.807) is 12.1 Å². The van der Waals surface area contributed by atoms with Crippen molar-refractivity contribution in [2.24, 2.45) is 0 Å². The Balaban J connectivity index is 1.32. The van der Waals surface area contributed by atoms with Gasteiger partial charge >= 0.3 is 0 Å². The molecule has 74 heavy (non-hydrogen) atoms. The van der Waals surface area contributed by atoms with Crippen LogP contribution < -0.4 is 26.0 Å². The lowest BCUT2D eigenvalue weighted by molar-refractivity contribution is -0.361. The second kappa shape index (κ2) is 29.5. The molecule has 4 fully saturated rings. The number of carbonyl (C=O) groups excluding carboxylic acids is 4. The number of nitrogens with one attached hydrogen (secondary N) is 4. The minimum Gasteiger partial charge on any atom is -0.494 e. The maximum absolute atomic E-state index is 13.8. The Kier molecular flexibility index (Phi) is 24.2. The van der Waals surface area contributed by atoms with Crippen molar-refractivity contribution in [1.82, 2.24) is 21.3 Å². The lowest BCUT2D eigenvalue weighted by Crippen LogP contribution is -2.71. The summed E-state index contributed by atoms with van der Waals surface area (Å²) in [5, 5.41) is 119. The third-order valence-corrected chi connectivity index (χ3v) is 13.0. The molecule has 0 saturated carbocycles. The molecule has 0 aromatic heterocycles. The molecule has 14 N–H and O–H groups in total. The number of hydrogen-bond acceptors (Lipinski definition) is 22. The molecule has 1 aromatic carbocycles. The lowest BCUT2D eigenvalue weighted by Gasteiger charge is -2.51. The third kappa shape index (κ3) is 16.0. The van der Waals surface area contributed by atoms with Crippen molar-refractivity contribution >= 4 is 23.6 Å². The van der Waals surface area contributed by atoms with Gasteiger partial charge in [-0.2, -0.15) is 0 Å². The van der Waals surface area contributed by atoms with Gasteiger partial charge in [0.05, 0.1) is 33.0 Å². The van der Waals surface area contributed by atoms with Crippen LogP contribution >= 0.6 is 0 Å². The number of allylic oxidation sites excluding steroid dienone is 2. The first-order chi connectivity index (χ1) is 35.4. The van der Waals surface area contributed by atoms with Gasteiger partial charge in [-0.1, -0.05) is 44.4 Å². The molecular weight excluding hydrogens is 985 g/mol. The van der Waals surface area contributed by atoms with Crippen LogP contribution in [-0.2, 0) is 47.5 Å². The van der Waals surface area contributed by atoms with E-state index >= 15 is 0 Å². The Labute approximate surface area is 428 Å². The Hall–Kier alpha value is -4.04. The van der Waals surface area contributed by atoms with E-state index in [4.69, 9.17) is 37.9 Å². The van der Waals surface area contributed by atoms with Crippen LogP contribution in [0.3, 0.4) is 0 Å². The Morgan fingerprint density at radius 1 is 0.541 bits per heavy atom. The smallest absolute Gasteiger partial charge is 0.251 e.